The molecule has 0 spiro atoms. The number of anilines is 1. The number of amides is 1. The topological polar surface area (TPSA) is 81.4 Å². The van der Waals surface area contributed by atoms with Gasteiger partial charge in [-0.25, -0.2) is 9.18 Å². The van der Waals surface area contributed by atoms with Gasteiger partial charge in [-0.15, -0.1) is 11.3 Å². The van der Waals surface area contributed by atoms with Crippen molar-refractivity contribution in [2.45, 2.75) is 53.6 Å². The number of nitrogens with zero attached hydrogens (tertiary/aromatic N) is 1. The molecule has 0 bridgehead atoms. The van der Waals surface area contributed by atoms with Crippen LogP contribution in [0.4, 0.5) is 9.39 Å². The fourth-order valence-corrected chi connectivity index (χ4v) is 5.49. The second-order valence-electron chi connectivity index (χ2n) is 9.48. The van der Waals surface area contributed by atoms with Crippen molar-refractivity contribution in [3.05, 3.63) is 80.6 Å². The van der Waals surface area contributed by atoms with Crippen LogP contribution < -0.4 is 5.32 Å². The molecule has 6 nitrogen and oxygen atoms in total. The number of halogens is 2. The highest BCUT2D eigenvalue weighted by atomic mass is 35.5. The summed E-state index contributed by atoms with van der Waals surface area (Å²) < 4.78 is 25.5. The highest BCUT2D eigenvalue weighted by Crippen LogP contribution is 2.42. The fourth-order valence-electron chi connectivity index (χ4n) is 4.18. The Labute approximate surface area is 229 Å². The first kappa shape index (κ1) is 27.5. The monoisotopic (exact) mass is 554 g/mol. The summed E-state index contributed by atoms with van der Waals surface area (Å²) in [5.74, 6) is -1.26. The van der Waals surface area contributed by atoms with Gasteiger partial charge in [0, 0.05) is 10.4 Å². The van der Waals surface area contributed by atoms with E-state index in [0.29, 0.717) is 16.5 Å². The van der Waals surface area contributed by atoms with Crippen LogP contribution in [0, 0.1) is 19.7 Å². The van der Waals surface area contributed by atoms with Gasteiger partial charge in [0.05, 0.1) is 16.7 Å². The summed E-state index contributed by atoms with van der Waals surface area (Å²) in [4.78, 5) is 27.7. The number of ether oxygens (including phenoxy) is 1. The SMILES string of the molecule is Cc1onc(-c2c(F)cccc2Cl)c1C(=O)Nc1sc(C)c(-c2ccc(C(C)C)cc2)c1C(=O)OC(C)C. The number of rotatable bonds is 7. The summed E-state index contributed by atoms with van der Waals surface area (Å²) in [6.45, 7) is 11.2. The number of benzene rings is 2. The molecule has 198 valence electrons. The Morgan fingerprint density at radius 3 is 2.32 bits per heavy atom. The third kappa shape index (κ3) is 5.37. The largest absolute Gasteiger partial charge is 0.459 e. The first-order chi connectivity index (χ1) is 18.0. The molecule has 2 aromatic heterocycles. The van der Waals surface area contributed by atoms with Crippen LogP contribution in [0.3, 0.4) is 0 Å². The average Bonchev–Trinajstić information content (AvgIpc) is 3.37. The molecule has 2 aromatic carbocycles. The van der Waals surface area contributed by atoms with Crippen LogP contribution in [0.15, 0.2) is 47.0 Å². The summed E-state index contributed by atoms with van der Waals surface area (Å²) in [5, 5.41) is 7.14. The van der Waals surface area contributed by atoms with E-state index in [0.717, 1.165) is 10.4 Å². The zero-order valence-electron chi connectivity index (χ0n) is 21.9. The van der Waals surface area contributed by atoms with E-state index in [-0.39, 0.29) is 39.3 Å². The molecule has 4 aromatic rings. The smallest absolute Gasteiger partial charge is 0.342 e. The molecule has 9 heteroatoms. The predicted molar refractivity (Wildman–Crippen MR) is 149 cm³/mol. The number of nitrogens with one attached hydrogen (secondary N) is 1. The summed E-state index contributed by atoms with van der Waals surface area (Å²) in [6, 6.07) is 12.2. The average molecular weight is 555 g/mol. The number of aryl methyl sites for hydroxylation is 2. The maximum absolute atomic E-state index is 14.7. The van der Waals surface area contributed by atoms with Crippen molar-refractivity contribution in [2.75, 3.05) is 5.32 Å². The Morgan fingerprint density at radius 2 is 1.71 bits per heavy atom. The minimum absolute atomic E-state index is 0.0211. The normalized spacial score (nSPS) is 11.3. The van der Waals surface area contributed by atoms with Gasteiger partial charge in [0.1, 0.15) is 33.4 Å². The van der Waals surface area contributed by atoms with E-state index in [1.807, 2.05) is 31.2 Å². The lowest BCUT2D eigenvalue weighted by molar-refractivity contribution is 0.0380. The summed E-state index contributed by atoms with van der Waals surface area (Å²) in [5.41, 5.74) is 2.91. The summed E-state index contributed by atoms with van der Waals surface area (Å²) in [6.07, 6.45) is -0.363. The van der Waals surface area contributed by atoms with Crippen LogP contribution in [-0.4, -0.2) is 23.1 Å². The molecule has 4 rings (SSSR count). The molecule has 0 aliphatic carbocycles. The standard InChI is InChI=1S/C29H28ClFN2O4S/c1-14(2)18-10-12-19(13-11-18)23-17(6)38-28(25(23)29(35)36-15(3)4)32-27(34)22-16(5)37-33-26(22)24-20(30)8-7-9-21(24)31/h7-15H,1-6H3,(H,32,34). The zero-order valence-corrected chi connectivity index (χ0v) is 23.5. The van der Waals surface area contributed by atoms with E-state index in [2.05, 4.69) is 24.3 Å². The Bertz CT molecular complexity index is 1490. The maximum atomic E-state index is 14.7. The lowest BCUT2D eigenvalue weighted by Crippen LogP contribution is -2.17. The lowest BCUT2D eigenvalue weighted by atomic mass is 9.96. The second-order valence-corrected chi connectivity index (χ2v) is 11.1. The van der Waals surface area contributed by atoms with E-state index in [4.69, 9.17) is 20.9 Å². The van der Waals surface area contributed by atoms with Crippen molar-refractivity contribution in [1.29, 1.82) is 0 Å². The summed E-state index contributed by atoms with van der Waals surface area (Å²) in [7, 11) is 0. The Balaban J connectivity index is 1.80. The van der Waals surface area contributed by atoms with E-state index in [1.54, 1.807) is 20.8 Å². The predicted octanol–water partition coefficient (Wildman–Crippen LogP) is 8.42. The van der Waals surface area contributed by atoms with Crippen molar-refractivity contribution in [3.8, 4) is 22.4 Å². The highest BCUT2D eigenvalue weighted by Gasteiger charge is 2.30. The van der Waals surface area contributed by atoms with Crippen LogP contribution in [0.25, 0.3) is 22.4 Å². The van der Waals surface area contributed by atoms with Crippen molar-refractivity contribution in [3.63, 3.8) is 0 Å². The number of carbonyl (C=O) groups excluding carboxylic acids is 2. The Hall–Kier alpha value is -3.49. The first-order valence-corrected chi connectivity index (χ1v) is 13.4. The minimum Gasteiger partial charge on any atom is -0.459 e. The maximum Gasteiger partial charge on any atom is 0.342 e. The van der Waals surface area contributed by atoms with Crippen LogP contribution in [0.1, 0.15) is 70.5 Å². The van der Waals surface area contributed by atoms with E-state index < -0.39 is 17.7 Å². The lowest BCUT2D eigenvalue weighted by Gasteiger charge is -2.13. The molecule has 1 N–H and O–H groups in total. The van der Waals surface area contributed by atoms with E-state index >= 15 is 0 Å². The van der Waals surface area contributed by atoms with Gasteiger partial charge >= 0.3 is 5.97 Å². The van der Waals surface area contributed by atoms with Gasteiger partial charge < -0.3 is 14.6 Å². The van der Waals surface area contributed by atoms with Gasteiger partial charge in [0.15, 0.2) is 0 Å². The van der Waals surface area contributed by atoms with Crippen molar-refractivity contribution in [1.82, 2.24) is 5.16 Å². The van der Waals surface area contributed by atoms with Gasteiger partial charge in [-0.05, 0) is 56.9 Å². The fraction of sp³-hybridized carbons (Fsp3) is 0.276. The highest BCUT2D eigenvalue weighted by molar-refractivity contribution is 7.17. The minimum atomic E-state index is -0.639. The molecule has 0 aliphatic heterocycles. The van der Waals surface area contributed by atoms with Gasteiger partial charge in [-0.1, -0.05) is 60.9 Å². The number of hydrogen-bond donors (Lipinski definition) is 1. The van der Waals surface area contributed by atoms with E-state index in [1.165, 1.54) is 35.1 Å². The Morgan fingerprint density at radius 1 is 1.03 bits per heavy atom. The third-order valence-corrected chi connectivity index (χ3v) is 7.35. The molecule has 2 heterocycles. The number of esters is 1. The van der Waals surface area contributed by atoms with Crippen molar-refractivity contribution in [2.24, 2.45) is 0 Å². The molecule has 0 unspecified atom stereocenters. The number of thiophene rings is 1. The van der Waals surface area contributed by atoms with Gasteiger partial charge in [0.2, 0.25) is 0 Å². The van der Waals surface area contributed by atoms with Crippen LogP contribution in [-0.2, 0) is 4.74 Å². The molecule has 0 fully saturated rings. The van der Waals surface area contributed by atoms with Crippen molar-refractivity contribution >= 4 is 39.8 Å². The Kier molecular flexibility index (Phi) is 8.04. The van der Waals surface area contributed by atoms with Crippen LogP contribution >= 0.6 is 22.9 Å². The first-order valence-electron chi connectivity index (χ1n) is 12.2. The number of carbonyl (C=O) groups is 2. The third-order valence-electron chi connectivity index (χ3n) is 6.01. The van der Waals surface area contributed by atoms with Gasteiger partial charge in [0.25, 0.3) is 5.91 Å². The number of aromatic nitrogens is 1. The molecular weight excluding hydrogens is 527 g/mol. The second kappa shape index (κ2) is 11.1. The van der Waals surface area contributed by atoms with Crippen LogP contribution in [0.5, 0.6) is 0 Å². The molecular formula is C29H28ClFN2O4S. The molecule has 0 radical (unpaired) electrons. The molecule has 0 aliphatic rings. The zero-order chi connectivity index (χ0) is 27.7. The van der Waals surface area contributed by atoms with Gasteiger partial charge in [-0.2, -0.15) is 0 Å². The molecule has 38 heavy (non-hydrogen) atoms. The molecule has 0 saturated heterocycles. The molecule has 1 amide bonds. The van der Waals surface area contributed by atoms with Crippen molar-refractivity contribution < 1.29 is 23.2 Å². The van der Waals surface area contributed by atoms with E-state index in [9.17, 15) is 14.0 Å². The quantitative estimate of drug-likeness (QED) is 0.232. The number of hydrogen-bond acceptors (Lipinski definition) is 6. The molecule has 0 saturated carbocycles. The molecule has 0 atom stereocenters. The summed E-state index contributed by atoms with van der Waals surface area (Å²) >= 11 is 7.49. The van der Waals surface area contributed by atoms with Crippen LogP contribution in [0.2, 0.25) is 5.02 Å². The van der Waals surface area contributed by atoms with Gasteiger partial charge in [-0.3, -0.25) is 4.79 Å².